The van der Waals surface area contributed by atoms with Crippen LogP contribution in [0.2, 0.25) is 0 Å². The van der Waals surface area contributed by atoms with Crippen molar-refractivity contribution in [2.75, 3.05) is 0 Å². The van der Waals surface area contributed by atoms with Crippen LogP contribution in [0.1, 0.15) is 13.8 Å². The lowest BCUT2D eigenvalue weighted by Gasteiger charge is -2.14. The Morgan fingerprint density at radius 3 is 2.33 bits per heavy atom. The first-order chi connectivity index (χ1) is 4.16. The van der Waals surface area contributed by atoms with E-state index < -0.39 is 0 Å². The Kier molecular flexibility index (Phi) is 4.14. The van der Waals surface area contributed by atoms with Crippen molar-refractivity contribution >= 4 is 0 Å². The molecule has 0 fully saturated rings. The highest BCUT2D eigenvalue weighted by Crippen LogP contribution is 1.97. The van der Waals surface area contributed by atoms with Gasteiger partial charge in [0.15, 0.2) is 6.29 Å². The van der Waals surface area contributed by atoms with Crippen molar-refractivity contribution in [1.82, 2.24) is 0 Å². The van der Waals surface area contributed by atoms with E-state index >= 15 is 0 Å². The minimum absolute atomic E-state index is 0.0417. The molecule has 0 N–H and O–H groups in total. The van der Waals surface area contributed by atoms with Crippen molar-refractivity contribution in [3.63, 3.8) is 0 Å². The Balaban J connectivity index is 3.25. The van der Waals surface area contributed by atoms with E-state index in [1.54, 1.807) is 6.92 Å². The van der Waals surface area contributed by atoms with Crippen molar-refractivity contribution in [3.05, 3.63) is 19.8 Å². The van der Waals surface area contributed by atoms with Gasteiger partial charge in [0.1, 0.15) is 0 Å². The summed E-state index contributed by atoms with van der Waals surface area (Å²) in [7, 11) is 0. The van der Waals surface area contributed by atoms with Gasteiger partial charge in [-0.3, -0.25) is 0 Å². The summed E-state index contributed by atoms with van der Waals surface area (Å²) >= 11 is 0. The fourth-order valence-electron chi connectivity index (χ4n) is 0.495. The molecule has 0 aromatic heterocycles. The molecule has 0 rings (SSSR count). The van der Waals surface area contributed by atoms with E-state index in [0.29, 0.717) is 0 Å². The quantitative estimate of drug-likeness (QED) is 0.425. The molecule has 53 valence electrons. The second-order valence-corrected chi connectivity index (χ2v) is 1.82. The average Bonchev–Trinajstić information content (AvgIpc) is 1.63. The van der Waals surface area contributed by atoms with E-state index in [4.69, 9.17) is 9.47 Å². The Morgan fingerprint density at radius 2 is 2.00 bits per heavy atom. The molecule has 0 saturated carbocycles. The molecule has 2 nitrogen and oxygen atoms in total. The minimum Gasteiger partial charge on any atom is -0.473 e. The number of ether oxygens (including phenoxy) is 2. The van der Waals surface area contributed by atoms with Gasteiger partial charge < -0.3 is 9.47 Å². The maximum Gasteiger partial charge on any atom is 0.196 e. The number of rotatable bonds is 4. The summed E-state index contributed by atoms with van der Waals surface area (Å²) in [5, 5.41) is 0. The van der Waals surface area contributed by atoms with Crippen molar-refractivity contribution in [2.45, 2.75) is 26.2 Å². The van der Waals surface area contributed by atoms with Gasteiger partial charge in [0, 0.05) is 0 Å². The van der Waals surface area contributed by atoms with E-state index in [9.17, 15) is 0 Å². The molecule has 0 aromatic rings. The lowest BCUT2D eigenvalue weighted by Crippen LogP contribution is -2.15. The highest BCUT2D eigenvalue weighted by atomic mass is 16.7. The summed E-state index contributed by atoms with van der Waals surface area (Å²) in [5.74, 6) is 0. The highest BCUT2D eigenvalue weighted by Gasteiger charge is 2.00. The molecular weight excluding hydrogens is 116 g/mol. The van der Waals surface area contributed by atoms with Crippen LogP contribution in [0.15, 0.2) is 12.8 Å². The molecular formula is C7H13O2. The van der Waals surface area contributed by atoms with Gasteiger partial charge in [0.2, 0.25) is 0 Å². The molecule has 0 aliphatic heterocycles. The Hall–Kier alpha value is -0.500. The van der Waals surface area contributed by atoms with Crippen molar-refractivity contribution < 1.29 is 9.47 Å². The minimum atomic E-state index is -0.241. The normalized spacial score (nSPS) is 13.3. The lowest BCUT2D eigenvalue weighted by molar-refractivity contribution is -0.111. The largest absolute Gasteiger partial charge is 0.473 e. The van der Waals surface area contributed by atoms with Crippen LogP contribution in [-0.4, -0.2) is 12.4 Å². The Labute approximate surface area is 56.5 Å². The zero-order chi connectivity index (χ0) is 7.28. The maximum absolute atomic E-state index is 5.09. The Bertz CT molecular complexity index is 79.0. The van der Waals surface area contributed by atoms with E-state index in [2.05, 4.69) is 13.5 Å². The SMILES string of the molecule is [CH2]C(C)OC(C)OC=C. The van der Waals surface area contributed by atoms with Crippen molar-refractivity contribution in [2.24, 2.45) is 0 Å². The summed E-state index contributed by atoms with van der Waals surface area (Å²) in [5.41, 5.74) is 0. The van der Waals surface area contributed by atoms with Gasteiger partial charge in [-0.1, -0.05) is 6.58 Å². The van der Waals surface area contributed by atoms with E-state index in [-0.39, 0.29) is 12.4 Å². The van der Waals surface area contributed by atoms with Crippen LogP contribution in [0.3, 0.4) is 0 Å². The second-order valence-electron chi connectivity index (χ2n) is 1.82. The van der Waals surface area contributed by atoms with E-state index in [1.807, 2.05) is 6.92 Å². The number of hydrogen-bond acceptors (Lipinski definition) is 2. The van der Waals surface area contributed by atoms with E-state index in [1.165, 1.54) is 6.26 Å². The molecule has 2 atom stereocenters. The zero-order valence-electron chi connectivity index (χ0n) is 5.96. The fourth-order valence-corrected chi connectivity index (χ4v) is 0.495. The molecule has 0 bridgehead atoms. The molecule has 0 heterocycles. The van der Waals surface area contributed by atoms with E-state index in [0.717, 1.165) is 0 Å². The van der Waals surface area contributed by atoms with Crippen LogP contribution in [-0.2, 0) is 9.47 Å². The van der Waals surface area contributed by atoms with Gasteiger partial charge in [-0.15, -0.1) is 0 Å². The third kappa shape index (κ3) is 5.37. The molecule has 0 aromatic carbocycles. The zero-order valence-corrected chi connectivity index (χ0v) is 5.96. The summed E-state index contributed by atoms with van der Waals surface area (Å²) in [6.45, 7) is 10.7. The first-order valence-corrected chi connectivity index (χ1v) is 2.91. The predicted octanol–water partition coefficient (Wildman–Crippen LogP) is 1.73. The van der Waals surface area contributed by atoms with Gasteiger partial charge in [0.05, 0.1) is 12.4 Å². The molecule has 0 aliphatic rings. The summed E-state index contributed by atoms with van der Waals surface area (Å²) in [4.78, 5) is 0. The highest BCUT2D eigenvalue weighted by molar-refractivity contribution is 4.53. The topological polar surface area (TPSA) is 18.5 Å². The van der Waals surface area contributed by atoms with Crippen LogP contribution in [0, 0.1) is 6.92 Å². The summed E-state index contributed by atoms with van der Waals surface area (Å²) < 4.78 is 9.94. The van der Waals surface area contributed by atoms with Gasteiger partial charge in [-0.25, -0.2) is 0 Å². The van der Waals surface area contributed by atoms with Gasteiger partial charge in [0.25, 0.3) is 0 Å². The summed E-state index contributed by atoms with van der Waals surface area (Å²) in [6, 6.07) is 0. The molecule has 2 heteroatoms. The third-order valence-corrected chi connectivity index (χ3v) is 0.712. The summed E-state index contributed by atoms with van der Waals surface area (Å²) in [6.07, 6.45) is 1.07. The van der Waals surface area contributed by atoms with Crippen molar-refractivity contribution in [3.8, 4) is 0 Å². The monoisotopic (exact) mass is 129 g/mol. The first-order valence-electron chi connectivity index (χ1n) is 2.91. The molecule has 0 saturated heterocycles. The van der Waals surface area contributed by atoms with Crippen molar-refractivity contribution in [1.29, 1.82) is 0 Å². The molecule has 2 unspecified atom stereocenters. The molecule has 0 spiro atoms. The van der Waals surface area contributed by atoms with Crippen LogP contribution in [0.5, 0.6) is 0 Å². The molecule has 0 aliphatic carbocycles. The fraction of sp³-hybridized carbons (Fsp3) is 0.571. The van der Waals surface area contributed by atoms with Gasteiger partial charge in [-0.2, -0.15) is 0 Å². The van der Waals surface area contributed by atoms with Crippen LogP contribution in [0.4, 0.5) is 0 Å². The van der Waals surface area contributed by atoms with Gasteiger partial charge >= 0.3 is 0 Å². The average molecular weight is 129 g/mol. The van der Waals surface area contributed by atoms with Crippen LogP contribution >= 0.6 is 0 Å². The molecule has 1 radical (unpaired) electrons. The lowest BCUT2D eigenvalue weighted by atomic mass is 10.5. The second kappa shape index (κ2) is 4.39. The standard InChI is InChI=1S/C7H13O2/c1-5-8-7(4)9-6(2)3/h5-7H,1-2H2,3-4H3. The molecule has 0 amide bonds. The van der Waals surface area contributed by atoms with Crippen LogP contribution in [0.25, 0.3) is 0 Å². The first kappa shape index (κ1) is 8.50. The van der Waals surface area contributed by atoms with Crippen LogP contribution < -0.4 is 0 Å². The number of hydrogen-bond donors (Lipinski definition) is 0. The maximum atomic E-state index is 5.09. The Morgan fingerprint density at radius 1 is 1.44 bits per heavy atom. The van der Waals surface area contributed by atoms with Gasteiger partial charge in [-0.05, 0) is 20.8 Å². The third-order valence-electron chi connectivity index (χ3n) is 0.712. The predicted molar refractivity (Wildman–Crippen MR) is 36.6 cm³/mol. The smallest absolute Gasteiger partial charge is 0.196 e. The molecule has 9 heavy (non-hydrogen) atoms.